The normalized spacial score (nSPS) is 12.4. The van der Waals surface area contributed by atoms with Gasteiger partial charge in [0.25, 0.3) is 0 Å². The Balaban J connectivity index is 0. The Morgan fingerprint density at radius 3 is 2.14 bits per heavy atom. The van der Waals surface area contributed by atoms with Crippen LogP contribution in [0, 0.1) is 0 Å². The van der Waals surface area contributed by atoms with E-state index in [1.165, 1.54) is 7.11 Å². The molecule has 0 radical (unpaired) electrons. The van der Waals surface area contributed by atoms with Gasteiger partial charge in [0.1, 0.15) is 0 Å². The van der Waals surface area contributed by atoms with Gasteiger partial charge in [-0.25, -0.2) is 0 Å². The fourth-order valence-electron chi connectivity index (χ4n) is 0.167. The van der Waals surface area contributed by atoms with Crippen LogP contribution in [0.1, 0.15) is 13.3 Å². The van der Waals surface area contributed by atoms with Crippen LogP contribution in [0.4, 0.5) is 0 Å². The van der Waals surface area contributed by atoms with Crippen LogP contribution in [0.2, 0.25) is 0 Å². The maximum Gasteiger partial charge on any atom is 1.00 e. The molecule has 0 saturated heterocycles. The van der Waals surface area contributed by atoms with E-state index in [9.17, 15) is 5.11 Å². The second-order valence-electron chi connectivity index (χ2n) is 1.07. The van der Waals surface area contributed by atoms with Gasteiger partial charge in [0.05, 0.1) is 0 Å². The summed E-state index contributed by atoms with van der Waals surface area (Å²) in [6.45, 7) is 1.79. The smallest absolute Gasteiger partial charge is 0.831 e. The maximum atomic E-state index is 10.0. The van der Waals surface area contributed by atoms with Crippen LogP contribution < -0.4 is 34.7 Å². The third-order valence-corrected chi connectivity index (χ3v) is 0.596. The van der Waals surface area contributed by atoms with E-state index in [4.69, 9.17) is 0 Å². The average molecular weight is 112 g/mol. The van der Waals surface area contributed by atoms with E-state index < -0.39 is 6.29 Å². The van der Waals surface area contributed by atoms with Gasteiger partial charge in [0.2, 0.25) is 0 Å². The molecule has 0 N–H and O–H groups in total. The Labute approximate surface area is 66.2 Å². The van der Waals surface area contributed by atoms with E-state index in [0.29, 0.717) is 6.42 Å². The van der Waals surface area contributed by atoms with Crippen LogP contribution in [0.5, 0.6) is 0 Å². The Hall–Kier alpha value is 0.920. The van der Waals surface area contributed by atoms with E-state index >= 15 is 0 Å². The summed E-state index contributed by atoms with van der Waals surface area (Å²) in [7, 11) is 1.42. The molecule has 0 saturated carbocycles. The Bertz CT molecular complexity index is 28.9. The zero-order chi connectivity index (χ0) is 4.99. The second kappa shape index (κ2) is 6.92. The molecule has 0 bridgehead atoms. The molecule has 0 aromatic rings. The van der Waals surface area contributed by atoms with Crippen LogP contribution in [0.15, 0.2) is 0 Å². The van der Waals surface area contributed by atoms with Crippen molar-refractivity contribution in [2.75, 3.05) is 7.11 Å². The summed E-state index contributed by atoms with van der Waals surface area (Å²) in [6.07, 6.45) is -0.263. The number of hydrogen-bond donors (Lipinski definition) is 0. The zero-order valence-electron chi connectivity index (χ0n) is 5.10. The van der Waals surface area contributed by atoms with Crippen molar-refractivity contribution in [1.82, 2.24) is 0 Å². The number of ether oxygens (including phenoxy) is 1. The van der Waals surface area contributed by atoms with E-state index in [1.54, 1.807) is 6.92 Å². The van der Waals surface area contributed by atoms with Gasteiger partial charge < -0.3 is 9.84 Å². The van der Waals surface area contributed by atoms with Gasteiger partial charge in [-0.2, -0.15) is 0 Å². The van der Waals surface area contributed by atoms with Gasteiger partial charge in [0, 0.05) is 7.11 Å². The molecule has 0 heterocycles. The molecular weight excluding hydrogens is 103 g/mol. The minimum atomic E-state index is -0.815. The van der Waals surface area contributed by atoms with Crippen LogP contribution in [0.3, 0.4) is 0 Å². The van der Waals surface area contributed by atoms with Crippen LogP contribution in [0.25, 0.3) is 0 Å². The minimum absolute atomic E-state index is 0. The third-order valence-electron chi connectivity index (χ3n) is 0.596. The molecule has 2 nitrogen and oxygen atoms in total. The Kier molecular flexibility index (Phi) is 10.7. The topological polar surface area (TPSA) is 32.3 Å². The molecule has 3 heteroatoms. The largest absolute Gasteiger partial charge is 1.00 e. The van der Waals surface area contributed by atoms with Gasteiger partial charge in [-0.05, 0) is 12.7 Å². The second-order valence-corrected chi connectivity index (χ2v) is 1.07. The van der Waals surface area contributed by atoms with Gasteiger partial charge in [-0.15, -0.1) is 0 Å². The molecule has 0 fully saturated rings. The van der Waals surface area contributed by atoms with Crippen LogP contribution in [-0.2, 0) is 4.74 Å². The van der Waals surface area contributed by atoms with Crippen molar-refractivity contribution in [3.05, 3.63) is 0 Å². The van der Waals surface area contributed by atoms with E-state index in [0.717, 1.165) is 0 Å². The molecule has 1 unspecified atom stereocenters. The quantitative estimate of drug-likeness (QED) is 0.277. The number of hydrogen-bond acceptors (Lipinski definition) is 2. The summed E-state index contributed by atoms with van der Waals surface area (Å²) in [5.41, 5.74) is 0. The molecule has 0 aliphatic carbocycles. The van der Waals surface area contributed by atoms with Crippen LogP contribution >= 0.6 is 0 Å². The van der Waals surface area contributed by atoms with E-state index in [-0.39, 0.29) is 29.6 Å². The van der Waals surface area contributed by atoms with Crippen molar-refractivity contribution in [2.24, 2.45) is 0 Å². The van der Waals surface area contributed by atoms with Crippen molar-refractivity contribution < 1.29 is 39.4 Å². The SMILES string of the molecule is CCC([O-])OC.[Na+]. The third kappa shape index (κ3) is 6.92. The first-order valence-electron chi connectivity index (χ1n) is 2.00. The number of methoxy groups -OCH3 is 1. The molecule has 0 aromatic carbocycles. The molecular formula is C4H9NaO2. The fourth-order valence-corrected chi connectivity index (χ4v) is 0.167. The molecule has 38 valence electrons. The number of rotatable bonds is 2. The summed E-state index contributed by atoms with van der Waals surface area (Å²) in [5.74, 6) is 0. The first kappa shape index (κ1) is 10.8. The molecule has 0 spiro atoms. The molecule has 0 aromatic heterocycles. The van der Waals surface area contributed by atoms with Crippen molar-refractivity contribution in [3.63, 3.8) is 0 Å². The van der Waals surface area contributed by atoms with Crippen molar-refractivity contribution in [2.45, 2.75) is 19.6 Å². The molecule has 0 aliphatic rings. The minimum Gasteiger partial charge on any atom is -0.831 e. The van der Waals surface area contributed by atoms with E-state index in [2.05, 4.69) is 4.74 Å². The monoisotopic (exact) mass is 112 g/mol. The first-order valence-corrected chi connectivity index (χ1v) is 2.00. The summed E-state index contributed by atoms with van der Waals surface area (Å²) in [5, 5.41) is 10.0. The van der Waals surface area contributed by atoms with Gasteiger partial charge >= 0.3 is 29.6 Å². The average Bonchev–Trinajstić information content (AvgIpc) is 1.65. The van der Waals surface area contributed by atoms with Gasteiger partial charge in [-0.3, -0.25) is 0 Å². The molecule has 0 rings (SSSR count). The summed E-state index contributed by atoms with van der Waals surface area (Å²) < 4.78 is 4.34. The van der Waals surface area contributed by atoms with Crippen molar-refractivity contribution in [1.29, 1.82) is 0 Å². The van der Waals surface area contributed by atoms with E-state index in [1.807, 2.05) is 0 Å². The molecule has 0 aliphatic heterocycles. The molecule has 7 heavy (non-hydrogen) atoms. The molecule has 0 amide bonds. The molecule has 1 atom stereocenters. The summed E-state index contributed by atoms with van der Waals surface area (Å²) in [4.78, 5) is 0. The summed E-state index contributed by atoms with van der Waals surface area (Å²) >= 11 is 0. The van der Waals surface area contributed by atoms with Gasteiger partial charge in [-0.1, -0.05) is 6.92 Å². The first-order chi connectivity index (χ1) is 2.81. The Morgan fingerprint density at radius 1 is 1.71 bits per heavy atom. The maximum absolute atomic E-state index is 10.0. The van der Waals surface area contributed by atoms with Crippen LogP contribution in [-0.4, -0.2) is 13.4 Å². The fraction of sp³-hybridized carbons (Fsp3) is 1.00. The van der Waals surface area contributed by atoms with Crippen molar-refractivity contribution >= 4 is 0 Å². The standard InChI is InChI=1S/C4H9O2.Na/c1-3-4(5)6-2;/h4H,3H2,1-2H3;/q-1;+1. The zero-order valence-corrected chi connectivity index (χ0v) is 7.10. The Morgan fingerprint density at radius 2 is 2.14 bits per heavy atom. The predicted molar refractivity (Wildman–Crippen MR) is 21.1 cm³/mol. The van der Waals surface area contributed by atoms with Crippen molar-refractivity contribution in [3.8, 4) is 0 Å². The van der Waals surface area contributed by atoms with Gasteiger partial charge in [0.15, 0.2) is 0 Å². The predicted octanol–water partition coefficient (Wildman–Crippen LogP) is -3.27. The summed E-state index contributed by atoms with van der Waals surface area (Å²) in [6, 6.07) is 0.